The highest BCUT2D eigenvalue weighted by Gasteiger charge is 2.09. The number of halogens is 1. The first-order chi connectivity index (χ1) is 9.78. The molecule has 4 heteroatoms. The van der Waals surface area contributed by atoms with Crippen molar-refractivity contribution in [2.24, 2.45) is 0 Å². The number of imidazole rings is 1. The first kappa shape index (κ1) is 12.9. The molecule has 0 saturated carbocycles. The largest absolute Gasteiger partial charge is 0.303 e. The molecule has 0 unspecified atom stereocenters. The molecule has 0 aliphatic heterocycles. The van der Waals surface area contributed by atoms with E-state index in [-0.39, 0.29) is 0 Å². The highest BCUT2D eigenvalue weighted by molar-refractivity contribution is 6.30. The van der Waals surface area contributed by atoms with Gasteiger partial charge in [-0.2, -0.15) is 0 Å². The lowest BCUT2D eigenvalue weighted by atomic mass is 10.1. The van der Waals surface area contributed by atoms with Crippen LogP contribution in [0.4, 0.5) is 0 Å². The Morgan fingerprint density at radius 3 is 2.65 bits per heavy atom. The standard InChI is InChI=1S/C16H13ClN2O/c17-13-7-4-12(5-8-13)6-9-16-18-14(11-20)15-3-1-2-10-19(15)16/h1-5,7-8,10-11H,6,9H2. The van der Waals surface area contributed by atoms with E-state index in [9.17, 15) is 4.79 Å². The molecule has 100 valence electrons. The molecule has 0 bridgehead atoms. The van der Waals surface area contributed by atoms with Crippen molar-refractivity contribution in [2.45, 2.75) is 12.8 Å². The number of aromatic nitrogens is 2. The summed E-state index contributed by atoms with van der Waals surface area (Å²) in [5, 5.41) is 0.739. The Kier molecular flexibility index (Phi) is 3.52. The van der Waals surface area contributed by atoms with E-state index in [0.29, 0.717) is 5.69 Å². The number of aldehydes is 1. The van der Waals surface area contributed by atoms with Crippen molar-refractivity contribution in [1.82, 2.24) is 9.38 Å². The lowest BCUT2D eigenvalue weighted by molar-refractivity contribution is 0.112. The minimum atomic E-state index is 0.497. The van der Waals surface area contributed by atoms with Crippen molar-refractivity contribution in [1.29, 1.82) is 0 Å². The summed E-state index contributed by atoms with van der Waals surface area (Å²) in [5.41, 5.74) is 2.56. The number of rotatable bonds is 4. The highest BCUT2D eigenvalue weighted by Crippen LogP contribution is 2.15. The smallest absolute Gasteiger partial charge is 0.170 e. The van der Waals surface area contributed by atoms with E-state index in [1.807, 2.05) is 53.1 Å². The zero-order chi connectivity index (χ0) is 13.9. The Morgan fingerprint density at radius 1 is 1.10 bits per heavy atom. The quantitative estimate of drug-likeness (QED) is 0.686. The Morgan fingerprint density at radius 2 is 1.90 bits per heavy atom. The van der Waals surface area contributed by atoms with Crippen LogP contribution in [0, 0.1) is 0 Å². The molecule has 0 N–H and O–H groups in total. The van der Waals surface area contributed by atoms with Crippen molar-refractivity contribution in [2.75, 3.05) is 0 Å². The first-order valence-electron chi connectivity index (χ1n) is 6.43. The average Bonchev–Trinajstić information content (AvgIpc) is 2.85. The topological polar surface area (TPSA) is 34.4 Å². The van der Waals surface area contributed by atoms with Gasteiger partial charge in [-0.05, 0) is 36.2 Å². The van der Waals surface area contributed by atoms with Gasteiger partial charge in [0.15, 0.2) is 6.29 Å². The summed E-state index contributed by atoms with van der Waals surface area (Å²) >= 11 is 5.87. The van der Waals surface area contributed by atoms with E-state index in [1.54, 1.807) is 0 Å². The van der Waals surface area contributed by atoms with E-state index in [4.69, 9.17) is 11.6 Å². The molecule has 0 amide bonds. The van der Waals surface area contributed by atoms with Crippen LogP contribution in [-0.2, 0) is 12.8 Å². The predicted octanol–water partition coefficient (Wildman–Crippen LogP) is 3.59. The van der Waals surface area contributed by atoms with Crippen LogP contribution in [0.2, 0.25) is 5.02 Å². The average molecular weight is 285 g/mol. The monoisotopic (exact) mass is 284 g/mol. The van der Waals surface area contributed by atoms with Gasteiger partial charge in [0.1, 0.15) is 11.5 Å². The maximum absolute atomic E-state index is 11.1. The molecular formula is C16H13ClN2O. The van der Waals surface area contributed by atoms with Gasteiger partial charge in [0.2, 0.25) is 0 Å². The molecule has 3 nitrogen and oxygen atoms in total. The Labute approximate surface area is 121 Å². The van der Waals surface area contributed by atoms with Gasteiger partial charge in [0, 0.05) is 17.6 Å². The second-order valence-electron chi connectivity index (χ2n) is 4.61. The zero-order valence-electron chi connectivity index (χ0n) is 10.8. The molecule has 3 rings (SSSR count). The van der Waals surface area contributed by atoms with Crippen LogP contribution in [0.5, 0.6) is 0 Å². The van der Waals surface area contributed by atoms with Gasteiger partial charge in [0.25, 0.3) is 0 Å². The second-order valence-corrected chi connectivity index (χ2v) is 5.05. The number of benzene rings is 1. The summed E-state index contributed by atoms with van der Waals surface area (Å²) in [5.74, 6) is 0.901. The molecule has 0 fully saturated rings. The van der Waals surface area contributed by atoms with Gasteiger partial charge in [-0.15, -0.1) is 0 Å². The highest BCUT2D eigenvalue weighted by atomic mass is 35.5. The van der Waals surface area contributed by atoms with Crippen LogP contribution in [0.3, 0.4) is 0 Å². The van der Waals surface area contributed by atoms with Gasteiger partial charge >= 0.3 is 0 Å². The normalized spacial score (nSPS) is 10.8. The Bertz CT molecular complexity index is 747. The maximum atomic E-state index is 11.1. The third-order valence-electron chi connectivity index (χ3n) is 3.31. The minimum Gasteiger partial charge on any atom is -0.303 e. The van der Waals surface area contributed by atoms with Crippen LogP contribution in [0.25, 0.3) is 5.52 Å². The third kappa shape index (κ3) is 2.45. The minimum absolute atomic E-state index is 0.497. The number of aryl methyl sites for hydroxylation is 2. The lowest BCUT2D eigenvalue weighted by Crippen LogP contribution is -1.97. The molecule has 20 heavy (non-hydrogen) atoms. The summed E-state index contributed by atoms with van der Waals surface area (Å²) in [6, 6.07) is 13.6. The van der Waals surface area contributed by atoms with E-state index in [2.05, 4.69) is 4.98 Å². The fourth-order valence-corrected chi connectivity index (χ4v) is 2.42. The molecule has 2 heterocycles. The summed E-state index contributed by atoms with van der Waals surface area (Å²) in [6.45, 7) is 0. The van der Waals surface area contributed by atoms with E-state index >= 15 is 0 Å². The molecule has 0 aliphatic rings. The summed E-state index contributed by atoms with van der Waals surface area (Å²) in [7, 11) is 0. The SMILES string of the molecule is O=Cc1nc(CCc2ccc(Cl)cc2)n2ccccc12. The molecule has 1 aromatic carbocycles. The fourth-order valence-electron chi connectivity index (χ4n) is 2.30. The molecule has 0 radical (unpaired) electrons. The van der Waals surface area contributed by atoms with Crippen molar-refractivity contribution in [3.05, 3.63) is 70.8 Å². The van der Waals surface area contributed by atoms with Gasteiger partial charge in [-0.3, -0.25) is 4.79 Å². The molecule has 0 aliphatic carbocycles. The van der Waals surface area contributed by atoms with Gasteiger partial charge in [-0.1, -0.05) is 29.8 Å². The molecule has 3 aromatic rings. The zero-order valence-corrected chi connectivity index (χ0v) is 11.5. The van der Waals surface area contributed by atoms with Crippen LogP contribution in [0.1, 0.15) is 21.9 Å². The summed E-state index contributed by atoms with van der Waals surface area (Å²) in [6.07, 6.45) is 4.39. The van der Waals surface area contributed by atoms with Crippen LogP contribution >= 0.6 is 11.6 Å². The maximum Gasteiger partial charge on any atom is 0.170 e. The molecule has 0 atom stereocenters. The van der Waals surface area contributed by atoms with Gasteiger partial charge < -0.3 is 4.40 Å². The van der Waals surface area contributed by atoms with E-state index in [0.717, 1.165) is 35.5 Å². The summed E-state index contributed by atoms with van der Waals surface area (Å²) < 4.78 is 1.97. The predicted molar refractivity (Wildman–Crippen MR) is 79.4 cm³/mol. The molecule has 0 saturated heterocycles. The van der Waals surface area contributed by atoms with Crippen LogP contribution in [-0.4, -0.2) is 15.7 Å². The third-order valence-corrected chi connectivity index (χ3v) is 3.56. The lowest BCUT2D eigenvalue weighted by Gasteiger charge is -2.02. The number of carbonyl (C=O) groups is 1. The number of fused-ring (bicyclic) bond motifs is 1. The Balaban J connectivity index is 1.87. The first-order valence-corrected chi connectivity index (χ1v) is 6.81. The number of hydrogen-bond acceptors (Lipinski definition) is 2. The molecule has 2 aromatic heterocycles. The fraction of sp³-hybridized carbons (Fsp3) is 0.125. The molecule has 0 spiro atoms. The number of nitrogens with zero attached hydrogens (tertiary/aromatic N) is 2. The van der Waals surface area contributed by atoms with E-state index in [1.165, 1.54) is 5.56 Å². The summed E-state index contributed by atoms with van der Waals surface area (Å²) in [4.78, 5) is 15.5. The van der Waals surface area contributed by atoms with Crippen molar-refractivity contribution < 1.29 is 4.79 Å². The van der Waals surface area contributed by atoms with Gasteiger partial charge in [0.05, 0.1) is 5.52 Å². The number of pyridine rings is 1. The van der Waals surface area contributed by atoms with Crippen molar-refractivity contribution in [3.63, 3.8) is 0 Å². The van der Waals surface area contributed by atoms with Crippen molar-refractivity contribution >= 4 is 23.4 Å². The second kappa shape index (κ2) is 5.47. The van der Waals surface area contributed by atoms with Crippen LogP contribution < -0.4 is 0 Å². The Hall–Kier alpha value is -2.13. The van der Waals surface area contributed by atoms with Crippen molar-refractivity contribution in [3.8, 4) is 0 Å². The number of hydrogen-bond donors (Lipinski definition) is 0. The van der Waals surface area contributed by atoms with Crippen LogP contribution in [0.15, 0.2) is 48.7 Å². The van der Waals surface area contributed by atoms with Gasteiger partial charge in [-0.25, -0.2) is 4.98 Å². The van der Waals surface area contributed by atoms with E-state index < -0.39 is 0 Å². The number of carbonyl (C=O) groups excluding carboxylic acids is 1. The molecular weight excluding hydrogens is 272 g/mol.